The van der Waals surface area contributed by atoms with Gasteiger partial charge in [-0.25, -0.2) is 4.98 Å². The number of esters is 1. The Balaban J connectivity index is 1.83. The molecule has 1 fully saturated rings. The average molecular weight is 317 g/mol. The molecule has 0 saturated carbocycles. The number of fused-ring (bicyclic) bond motifs is 1. The monoisotopic (exact) mass is 317 g/mol. The van der Waals surface area contributed by atoms with Gasteiger partial charge in [0.25, 0.3) is 0 Å². The zero-order chi connectivity index (χ0) is 16.2. The summed E-state index contributed by atoms with van der Waals surface area (Å²) < 4.78 is 12.4. The maximum absolute atomic E-state index is 11.8. The molecular weight excluding hydrogens is 294 g/mol. The number of carbonyl (C=O) groups excluding carboxylic acids is 1. The Hall–Kier alpha value is -1.92. The van der Waals surface area contributed by atoms with Crippen LogP contribution in [-0.4, -0.2) is 53.3 Å². The smallest absolute Gasteiger partial charge is 0.319 e. The van der Waals surface area contributed by atoms with Gasteiger partial charge in [0.15, 0.2) is 0 Å². The van der Waals surface area contributed by atoms with Crippen molar-refractivity contribution in [1.82, 2.24) is 14.5 Å². The van der Waals surface area contributed by atoms with Crippen molar-refractivity contribution in [2.24, 2.45) is 7.05 Å². The van der Waals surface area contributed by atoms with Crippen LogP contribution in [0.1, 0.15) is 18.7 Å². The van der Waals surface area contributed by atoms with E-state index in [0.717, 1.165) is 42.9 Å². The van der Waals surface area contributed by atoms with Gasteiger partial charge in [-0.05, 0) is 25.0 Å². The normalized spacial score (nSPS) is 16.1. The van der Waals surface area contributed by atoms with Crippen LogP contribution in [0.3, 0.4) is 0 Å². The summed E-state index contributed by atoms with van der Waals surface area (Å²) in [7, 11) is 3.45. The van der Waals surface area contributed by atoms with Crippen LogP contribution in [-0.2, 0) is 27.9 Å². The molecule has 23 heavy (non-hydrogen) atoms. The maximum atomic E-state index is 11.8. The first kappa shape index (κ1) is 16.0. The zero-order valence-electron chi connectivity index (χ0n) is 13.7. The Labute approximate surface area is 136 Å². The quantitative estimate of drug-likeness (QED) is 0.786. The average Bonchev–Trinajstić information content (AvgIpc) is 2.91. The van der Waals surface area contributed by atoms with Crippen LogP contribution < -0.4 is 0 Å². The van der Waals surface area contributed by atoms with Gasteiger partial charge >= 0.3 is 5.97 Å². The lowest BCUT2D eigenvalue weighted by Crippen LogP contribution is -2.42. The summed E-state index contributed by atoms with van der Waals surface area (Å²) in [4.78, 5) is 18.7. The summed E-state index contributed by atoms with van der Waals surface area (Å²) in [5.74, 6) is 0.747. The molecule has 6 heteroatoms. The van der Waals surface area contributed by atoms with Crippen molar-refractivity contribution in [1.29, 1.82) is 0 Å². The summed E-state index contributed by atoms with van der Waals surface area (Å²) in [6, 6.07) is 8.40. The molecule has 0 N–H and O–H groups in total. The topological polar surface area (TPSA) is 56.6 Å². The Bertz CT molecular complexity index is 677. The fourth-order valence-corrected chi connectivity index (χ4v) is 3.11. The van der Waals surface area contributed by atoms with Crippen LogP contribution in [0.5, 0.6) is 0 Å². The first-order valence-corrected chi connectivity index (χ1v) is 7.98. The summed E-state index contributed by atoms with van der Waals surface area (Å²) >= 11 is 0. The number of nitrogens with zero attached hydrogens (tertiary/aromatic N) is 3. The fourth-order valence-electron chi connectivity index (χ4n) is 3.11. The van der Waals surface area contributed by atoms with Gasteiger partial charge < -0.3 is 14.0 Å². The van der Waals surface area contributed by atoms with Gasteiger partial charge in [-0.1, -0.05) is 12.1 Å². The molecular formula is C17H23N3O3. The van der Waals surface area contributed by atoms with Gasteiger partial charge in [-0.2, -0.15) is 0 Å². The third-order valence-electron chi connectivity index (χ3n) is 4.49. The Morgan fingerprint density at radius 1 is 1.39 bits per heavy atom. The van der Waals surface area contributed by atoms with Gasteiger partial charge in [0, 0.05) is 26.3 Å². The van der Waals surface area contributed by atoms with Gasteiger partial charge in [-0.3, -0.25) is 9.69 Å². The number of methoxy groups -OCH3 is 1. The molecule has 1 saturated heterocycles. The first-order chi connectivity index (χ1) is 11.2. The number of rotatable bonds is 5. The minimum absolute atomic E-state index is 0.213. The van der Waals surface area contributed by atoms with Gasteiger partial charge in [0.05, 0.1) is 31.2 Å². The van der Waals surface area contributed by atoms with Crippen LogP contribution in [0.4, 0.5) is 0 Å². The summed E-state index contributed by atoms with van der Waals surface area (Å²) in [6.07, 6.45) is 1.86. The second kappa shape index (κ2) is 7.10. The third-order valence-corrected chi connectivity index (χ3v) is 4.49. The fraction of sp³-hybridized carbons (Fsp3) is 0.529. The summed E-state index contributed by atoms with van der Waals surface area (Å²) in [5, 5.41) is 0. The van der Waals surface area contributed by atoms with Crippen LogP contribution >= 0.6 is 0 Å². The molecule has 3 rings (SSSR count). The van der Waals surface area contributed by atoms with Crippen molar-refractivity contribution >= 4 is 17.0 Å². The van der Waals surface area contributed by atoms with E-state index < -0.39 is 0 Å². The third kappa shape index (κ3) is 3.54. The molecule has 1 aromatic heterocycles. The highest BCUT2D eigenvalue weighted by Gasteiger charge is 2.25. The summed E-state index contributed by atoms with van der Waals surface area (Å²) in [5.41, 5.74) is 2.09. The van der Waals surface area contributed by atoms with E-state index in [0.29, 0.717) is 12.6 Å². The van der Waals surface area contributed by atoms with Crippen molar-refractivity contribution < 1.29 is 14.3 Å². The summed E-state index contributed by atoms with van der Waals surface area (Å²) in [6.45, 7) is 2.39. The predicted molar refractivity (Wildman–Crippen MR) is 87.0 cm³/mol. The molecule has 0 amide bonds. The van der Waals surface area contributed by atoms with E-state index in [-0.39, 0.29) is 12.5 Å². The van der Waals surface area contributed by atoms with Gasteiger partial charge in [0.2, 0.25) is 0 Å². The lowest BCUT2D eigenvalue weighted by Gasteiger charge is -2.33. The number of para-hydroxylation sites is 2. The molecule has 0 radical (unpaired) electrons. The zero-order valence-corrected chi connectivity index (χ0v) is 13.7. The van der Waals surface area contributed by atoms with E-state index >= 15 is 0 Å². The number of ether oxygens (including phenoxy) is 2. The molecule has 6 nitrogen and oxygen atoms in total. The highest BCUT2D eigenvalue weighted by atomic mass is 16.5. The van der Waals surface area contributed by atoms with Crippen molar-refractivity contribution in [3.63, 3.8) is 0 Å². The van der Waals surface area contributed by atoms with Gasteiger partial charge in [-0.15, -0.1) is 0 Å². The molecule has 1 aliphatic heterocycles. The lowest BCUT2D eigenvalue weighted by atomic mass is 10.1. The van der Waals surface area contributed by atoms with Crippen molar-refractivity contribution in [3.8, 4) is 0 Å². The molecule has 2 heterocycles. The number of aromatic nitrogens is 2. The molecule has 0 spiro atoms. The number of carbonyl (C=O) groups is 1. The van der Waals surface area contributed by atoms with Crippen LogP contribution in [0.15, 0.2) is 24.3 Å². The van der Waals surface area contributed by atoms with E-state index in [4.69, 9.17) is 14.5 Å². The Morgan fingerprint density at radius 3 is 2.83 bits per heavy atom. The van der Waals surface area contributed by atoms with Crippen molar-refractivity contribution in [2.45, 2.75) is 25.4 Å². The molecule has 0 aliphatic carbocycles. The largest absolute Gasteiger partial charge is 0.468 e. The predicted octanol–water partition coefficient (Wildman–Crippen LogP) is 1.73. The highest BCUT2D eigenvalue weighted by Crippen LogP contribution is 2.20. The Kier molecular flexibility index (Phi) is 4.93. The molecule has 1 aliphatic rings. The molecule has 0 atom stereocenters. The van der Waals surface area contributed by atoms with Crippen LogP contribution in [0.25, 0.3) is 11.0 Å². The number of hydrogen-bond donors (Lipinski definition) is 0. The minimum atomic E-state index is -0.213. The van der Waals surface area contributed by atoms with E-state index in [1.807, 2.05) is 25.2 Å². The molecule has 1 aromatic carbocycles. The lowest BCUT2D eigenvalue weighted by molar-refractivity contribution is -0.143. The second-order valence-electron chi connectivity index (χ2n) is 5.90. The van der Waals surface area contributed by atoms with Gasteiger partial charge in [0.1, 0.15) is 5.82 Å². The number of benzene rings is 1. The number of hydrogen-bond acceptors (Lipinski definition) is 5. The van der Waals surface area contributed by atoms with Crippen molar-refractivity contribution in [3.05, 3.63) is 30.1 Å². The molecule has 2 aromatic rings. The molecule has 0 bridgehead atoms. The number of imidazole rings is 1. The number of aryl methyl sites for hydroxylation is 1. The second-order valence-corrected chi connectivity index (χ2v) is 5.90. The first-order valence-electron chi connectivity index (χ1n) is 7.98. The molecule has 124 valence electrons. The Morgan fingerprint density at radius 2 is 2.13 bits per heavy atom. The minimum Gasteiger partial charge on any atom is -0.468 e. The highest BCUT2D eigenvalue weighted by molar-refractivity contribution is 5.75. The van der Waals surface area contributed by atoms with E-state index in [1.165, 1.54) is 7.11 Å². The van der Waals surface area contributed by atoms with E-state index in [1.54, 1.807) is 0 Å². The maximum Gasteiger partial charge on any atom is 0.319 e. The molecule has 0 unspecified atom stereocenters. The van der Waals surface area contributed by atoms with Crippen LogP contribution in [0.2, 0.25) is 0 Å². The SMILES string of the molecule is COC(=O)CN(Cc1nc2ccccc2n1C)C1CCOCC1. The standard InChI is InChI=1S/C17H23N3O3/c1-19-15-6-4-3-5-14(15)18-16(19)11-20(12-17(21)22-2)13-7-9-23-10-8-13/h3-6,13H,7-12H2,1-2H3. The van der Waals surface area contributed by atoms with Crippen LogP contribution in [0, 0.1) is 0 Å². The van der Waals surface area contributed by atoms with Crippen molar-refractivity contribution in [2.75, 3.05) is 26.9 Å². The van der Waals surface area contributed by atoms with E-state index in [9.17, 15) is 4.79 Å². The van der Waals surface area contributed by atoms with E-state index in [2.05, 4.69) is 15.5 Å².